The molecule has 0 heterocycles. The Morgan fingerprint density at radius 1 is 1.15 bits per heavy atom. The van der Waals surface area contributed by atoms with Crippen LogP contribution in [0.3, 0.4) is 0 Å². The summed E-state index contributed by atoms with van der Waals surface area (Å²) in [4.78, 5) is 23.9. The fourth-order valence-electron chi connectivity index (χ4n) is 1.68. The lowest BCUT2D eigenvalue weighted by Crippen LogP contribution is -2.30. The molecule has 0 fully saturated rings. The smallest absolute Gasteiger partial charge is 0.320 e. The van der Waals surface area contributed by atoms with Crippen LogP contribution in [0, 0.1) is 5.92 Å². The quantitative estimate of drug-likeness (QED) is 0.436. The number of hydrogen-bond donors (Lipinski definition) is 0. The molecule has 1 aromatic carbocycles. The van der Waals surface area contributed by atoms with Crippen molar-refractivity contribution in [3.8, 4) is 0 Å². The Morgan fingerprint density at radius 2 is 1.80 bits per heavy atom. The Morgan fingerprint density at radius 3 is 2.40 bits per heavy atom. The fraction of sp³-hybridized carbons (Fsp3) is 0.375. The first-order chi connectivity index (χ1) is 9.69. The molecule has 0 bridgehead atoms. The predicted molar refractivity (Wildman–Crippen MR) is 76.0 cm³/mol. The van der Waals surface area contributed by atoms with Gasteiger partial charge in [-0.15, -0.1) is 0 Å². The van der Waals surface area contributed by atoms with Gasteiger partial charge in [-0.2, -0.15) is 0 Å². The van der Waals surface area contributed by atoms with Gasteiger partial charge in [-0.25, -0.2) is 0 Å². The summed E-state index contributed by atoms with van der Waals surface area (Å²) >= 11 is 0. The third-order valence-corrected chi connectivity index (χ3v) is 2.70. The molecule has 1 atom stereocenters. The predicted octanol–water partition coefficient (Wildman–Crippen LogP) is 2.53. The second kappa shape index (κ2) is 8.91. The molecule has 4 heteroatoms. The number of ether oxygens (including phenoxy) is 2. The van der Waals surface area contributed by atoms with E-state index in [4.69, 9.17) is 9.47 Å². The minimum atomic E-state index is -0.914. The molecule has 0 aliphatic carbocycles. The summed E-state index contributed by atoms with van der Waals surface area (Å²) < 4.78 is 10.0. The number of carbonyl (C=O) groups excluding carboxylic acids is 2. The zero-order valence-electron chi connectivity index (χ0n) is 11.9. The summed E-state index contributed by atoms with van der Waals surface area (Å²) in [7, 11) is 0. The third kappa shape index (κ3) is 5.26. The lowest BCUT2D eigenvalue weighted by Gasteiger charge is -2.14. The zero-order chi connectivity index (χ0) is 14.8. The molecule has 0 amide bonds. The van der Waals surface area contributed by atoms with Crippen molar-refractivity contribution in [2.24, 2.45) is 5.92 Å². The van der Waals surface area contributed by atoms with Gasteiger partial charge in [0.25, 0.3) is 0 Å². The highest BCUT2D eigenvalue weighted by Crippen LogP contribution is 2.12. The van der Waals surface area contributed by atoms with Crippen LogP contribution in [-0.4, -0.2) is 25.2 Å². The van der Waals surface area contributed by atoms with Crippen molar-refractivity contribution in [3.63, 3.8) is 0 Å². The fourth-order valence-corrected chi connectivity index (χ4v) is 1.68. The van der Waals surface area contributed by atoms with Crippen LogP contribution in [0.1, 0.15) is 19.4 Å². The van der Waals surface area contributed by atoms with Crippen molar-refractivity contribution in [3.05, 3.63) is 48.0 Å². The monoisotopic (exact) mass is 276 g/mol. The van der Waals surface area contributed by atoms with E-state index in [1.165, 1.54) is 0 Å². The van der Waals surface area contributed by atoms with Crippen molar-refractivity contribution in [1.29, 1.82) is 0 Å². The summed E-state index contributed by atoms with van der Waals surface area (Å²) in [6.45, 7) is 3.95. The molecule has 0 saturated heterocycles. The lowest BCUT2D eigenvalue weighted by molar-refractivity contribution is -0.161. The van der Waals surface area contributed by atoms with E-state index in [9.17, 15) is 9.59 Å². The Hall–Kier alpha value is -2.10. The van der Waals surface area contributed by atoms with Crippen LogP contribution in [0.15, 0.2) is 42.5 Å². The standard InChI is InChI=1S/C16H20O4/c1-3-5-11-20-16(18)14(15(17)19-4-2)12-13-9-7-6-8-10-13/h3,5-10,14H,4,11-12H2,1-2H3/b5-3+. The number of rotatable bonds is 7. The molecule has 0 aliphatic rings. The molecule has 0 N–H and O–H groups in total. The van der Waals surface area contributed by atoms with E-state index in [0.29, 0.717) is 0 Å². The van der Waals surface area contributed by atoms with E-state index < -0.39 is 17.9 Å². The Bertz CT molecular complexity index is 451. The van der Waals surface area contributed by atoms with Gasteiger partial charge in [-0.1, -0.05) is 42.5 Å². The van der Waals surface area contributed by atoms with Crippen LogP contribution in [0.25, 0.3) is 0 Å². The third-order valence-electron chi connectivity index (χ3n) is 2.70. The first-order valence-corrected chi connectivity index (χ1v) is 6.67. The molecule has 108 valence electrons. The number of carbonyl (C=O) groups is 2. The van der Waals surface area contributed by atoms with Crippen molar-refractivity contribution < 1.29 is 19.1 Å². The minimum Gasteiger partial charge on any atom is -0.465 e. The molecule has 1 unspecified atom stereocenters. The van der Waals surface area contributed by atoms with E-state index in [0.717, 1.165) is 5.56 Å². The molecule has 1 rings (SSSR count). The normalized spacial score (nSPS) is 12.1. The molecular formula is C16H20O4. The molecule has 0 saturated carbocycles. The number of allylic oxidation sites excluding steroid dienone is 1. The van der Waals surface area contributed by atoms with E-state index in [1.54, 1.807) is 19.1 Å². The number of hydrogen-bond acceptors (Lipinski definition) is 4. The Balaban J connectivity index is 2.74. The minimum absolute atomic E-state index is 0.167. The van der Waals surface area contributed by atoms with E-state index in [1.807, 2.05) is 37.3 Å². The largest absolute Gasteiger partial charge is 0.465 e. The highest BCUT2D eigenvalue weighted by molar-refractivity contribution is 5.95. The van der Waals surface area contributed by atoms with Crippen LogP contribution in [0.2, 0.25) is 0 Å². The van der Waals surface area contributed by atoms with Crippen LogP contribution < -0.4 is 0 Å². The maximum atomic E-state index is 12.0. The SMILES string of the molecule is C/C=C/COC(=O)C(Cc1ccccc1)C(=O)OCC. The second-order valence-electron chi connectivity index (χ2n) is 4.19. The van der Waals surface area contributed by atoms with Gasteiger partial charge in [0, 0.05) is 0 Å². The average molecular weight is 276 g/mol. The molecule has 1 aromatic rings. The summed E-state index contributed by atoms with van der Waals surface area (Å²) in [5, 5.41) is 0. The zero-order valence-corrected chi connectivity index (χ0v) is 11.9. The molecule has 0 aliphatic heterocycles. The van der Waals surface area contributed by atoms with Gasteiger partial charge in [0.05, 0.1) is 6.61 Å². The van der Waals surface area contributed by atoms with Crippen molar-refractivity contribution >= 4 is 11.9 Å². The summed E-state index contributed by atoms with van der Waals surface area (Å²) in [5.41, 5.74) is 0.897. The maximum absolute atomic E-state index is 12.0. The summed E-state index contributed by atoms with van der Waals surface area (Å²) in [6, 6.07) is 9.34. The van der Waals surface area contributed by atoms with E-state index >= 15 is 0 Å². The lowest BCUT2D eigenvalue weighted by atomic mass is 9.99. The summed E-state index contributed by atoms with van der Waals surface area (Å²) in [5.74, 6) is -2.00. The average Bonchev–Trinajstić information content (AvgIpc) is 2.46. The topological polar surface area (TPSA) is 52.6 Å². The summed E-state index contributed by atoms with van der Waals surface area (Å²) in [6.07, 6.45) is 3.78. The van der Waals surface area contributed by atoms with Gasteiger partial charge in [0.2, 0.25) is 0 Å². The Labute approximate surface area is 119 Å². The molecule has 0 radical (unpaired) electrons. The second-order valence-corrected chi connectivity index (χ2v) is 4.19. The van der Waals surface area contributed by atoms with Crippen molar-refractivity contribution in [2.45, 2.75) is 20.3 Å². The van der Waals surface area contributed by atoms with Crippen molar-refractivity contribution in [1.82, 2.24) is 0 Å². The van der Waals surface area contributed by atoms with Gasteiger partial charge in [-0.3, -0.25) is 9.59 Å². The first kappa shape index (κ1) is 16.0. The van der Waals surface area contributed by atoms with Crippen LogP contribution in [0.5, 0.6) is 0 Å². The van der Waals surface area contributed by atoms with Gasteiger partial charge in [0.1, 0.15) is 6.61 Å². The van der Waals surface area contributed by atoms with E-state index in [2.05, 4.69) is 0 Å². The van der Waals surface area contributed by atoms with Crippen LogP contribution in [0.4, 0.5) is 0 Å². The van der Waals surface area contributed by atoms with Gasteiger partial charge >= 0.3 is 11.9 Å². The van der Waals surface area contributed by atoms with Gasteiger partial charge in [-0.05, 0) is 25.8 Å². The Kier molecular flexibility index (Phi) is 7.11. The van der Waals surface area contributed by atoms with Crippen LogP contribution in [-0.2, 0) is 25.5 Å². The molecule has 0 aromatic heterocycles. The van der Waals surface area contributed by atoms with Gasteiger partial charge in [0.15, 0.2) is 5.92 Å². The molecular weight excluding hydrogens is 256 g/mol. The number of esters is 2. The van der Waals surface area contributed by atoms with E-state index in [-0.39, 0.29) is 19.6 Å². The molecule has 0 spiro atoms. The number of benzene rings is 1. The highest BCUT2D eigenvalue weighted by Gasteiger charge is 2.29. The van der Waals surface area contributed by atoms with Crippen LogP contribution >= 0.6 is 0 Å². The highest BCUT2D eigenvalue weighted by atomic mass is 16.6. The molecule has 20 heavy (non-hydrogen) atoms. The first-order valence-electron chi connectivity index (χ1n) is 6.67. The van der Waals surface area contributed by atoms with Crippen molar-refractivity contribution in [2.75, 3.05) is 13.2 Å². The maximum Gasteiger partial charge on any atom is 0.320 e. The molecule has 4 nitrogen and oxygen atoms in total. The van der Waals surface area contributed by atoms with Gasteiger partial charge < -0.3 is 9.47 Å².